The van der Waals surface area contributed by atoms with Crippen LogP contribution in [0.1, 0.15) is 36.7 Å². The van der Waals surface area contributed by atoms with Crippen molar-refractivity contribution in [3.8, 4) is 0 Å². The van der Waals surface area contributed by atoms with Gasteiger partial charge in [-0.25, -0.2) is 9.59 Å². The number of carbonyl (C=O) groups is 2. The predicted octanol–water partition coefficient (Wildman–Crippen LogP) is 3.56. The van der Waals surface area contributed by atoms with Gasteiger partial charge < -0.3 is 15.2 Å². The number of amides is 1. The lowest BCUT2D eigenvalue weighted by molar-refractivity contribution is 0.0523. The van der Waals surface area contributed by atoms with E-state index in [1.165, 1.54) is 0 Å². The molecule has 116 valence electrons. The number of rotatable bonds is 3. The van der Waals surface area contributed by atoms with Crippen molar-refractivity contribution in [2.24, 2.45) is 0 Å². The zero-order valence-corrected chi connectivity index (χ0v) is 12.8. The van der Waals surface area contributed by atoms with Gasteiger partial charge in [-0.2, -0.15) is 0 Å². The molecule has 2 aromatic rings. The molecular weight excluding hydrogens is 282 g/mol. The molecule has 5 heteroatoms. The summed E-state index contributed by atoms with van der Waals surface area (Å²) in [7, 11) is 0. The minimum absolute atomic E-state index is 0.257. The molecule has 2 rings (SSSR count). The molecule has 0 heterocycles. The van der Waals surface area contributed by atoms with Gasteiger partial charge in [0.2, 0.25) is 0 Å². The second-order valence-corrected chi connectivity index (χ2v) is 6.06. The number of ether oxygens (including phenoxy) is 1. The molecule has 22 heavy (non-hydrogen) atoms. The molecule has 0 bridgehead atoms. The summed E-state index contributed by atoms with van der Waals surface area (Å²) in [6.07, 6.45) is -0.464. The minimum Gasteiger partial charge on any atom is -0.478 e. The molecule has 1 amide bonds. The molecule has 0 unspecified atom stereocenters. The fourth-order valence-corrected chi connectivity index (χ4v) is 2.03. The lowest BCUT2D eigenvalue weighted by Crippen LogP contribution is -2.32. The summed E-state index contributed by atoms with van der Waals surface area (Å²) in [5, 5.41) is 13.4. The average Bonchev–Trinajstić information content (AvgIpc) is 2.42. The molecule has 0 aliphatic carbocycles. The van der Waals surface area contributed by atoms with Crippen molar-refractivity contribution in [1.29, 1.82) is 0 Å². The Morgan fingerprint density at radius 2 is 1.73 bits per heavy atom. The summed E-state index contributed by atoms with van der Waals surface area (Å²) in [4.78, 5) is 22.6. The summed E-state index contributed by atoms with van der Waals surface area (Å²) >= 11 is 0. The van der Waals surface area contributed by atoms with Crippen molar-refractivity contribution in [2.45, 2.75) is 32.9 Å². The number of carbonyl (C=O) groups excluding carboxylic acids is 1. The van der Waals surface area contributed by atoms with Gasteiger partial charge in [0.1, 0.15) is 5.60 Å². The first-order valence-corrected chi connectivity index (χ1v) is 6.97. The Morgan fingerprint density at radius 1 is 1.09 bits per heavy atom. The van der Waals surface area contributed by atoms with Gasteiger partial charge in [-0.3, -0.25) is 0 Å². The molecule has 0 saturated heterocycles. The zero-order valence-electron chi connectivity index (χ0n) is 12.8. The van der Waals surface area contributed by atoms with Gasteiger partial charge in [-0.1, -0.05) is 18.2 Å². The summed E-state index contributed by atoms with van der Waals surface area (Å²) in [6.45, 7) is 5.78. The largest absolute Gasteiger partial charge is 0.478 e. The Morgan fingerprint density at radius 3 is 2.36 bits per heavy atom. The second kappa shape index (κ2) is 6.05. The van der Waals surface area contributed by atoms with Gasteiger partial charge in [0, 0.05) is 6.54 Å². The maximum Gasteiger partial charge on any atom is 0.407 e. The van der Waals surface area contributed by atoms with Crippen LogP contribution in [-0.2, 0) is 11.3 Å². The van der Waals surface area contributed by atoms with Gasteiger partial charge in [0.15, 0.2) is 0 Å². The van der Waals surface area contributed by atoms with Gasteiger partial charge in [-0.15, -0.1) is 0 Å². The van der Waals surface area contributed by atoms with Crippen molar-refractivity contribution in [2.75, 3.05) is 0 Å². The third-order valence-corrected chi connectivity index (χ3v) is 2.99. The summed E-state index contributed by atoms with van der Waals surface area (Å²) in [6, 6.07) is 10.6. The molecule has 0 aromatic heterocycles. The standard InChI is InChI=1S/C17H19NO4/c1-17(2,3)22-16(21)18-10-11-4-5-13-9-14(15(19)20)7-6-12(13)8-11/h4-9H,10H2,1-3H3,(H,18,21)(H,19,20). The summed E-state index contributed by atoms with van der Waals surface area (Å²) in [5.74, 6) is -0.947. The number of hydrogen-bond acceptors (Lipinski definition) is 3. The molecule has 2 N–H and O–H groups in total. The number of nitrogens with one attached hydrogen (secondary N) is 1. The van der Waals surface area contributed by atoms with Crippen LogP contribution in [0.3, 0.4) is 0 Å². The predicted molar refractivity (Wildman–Crippen MR) is 84.0 cm³/mol. The SMILES string of the molecule is CC(C)(C)OC(=O)NCc1ccc2cc(C(=O)O)ccc2c1. The van der Waals surface area contributed by atoms with Crippen LogP contribution in [-0.4, -0.2) is 22.8 Å². The lowest BCUT2D eigenvalue weighted by Gasteiger charge is -2.19. The highest BCUT2D eigenvalue weighted by Gasteiger charge is 2.15. The number of carboxylic acids is 1. The highest BCUT2D eigenvalue weighted by atomic mass is 16.6. The Balaban J connectivity index is 2.08. The van der Waals surface area contributed by atoms with E-state index >= 15 is 0 Å². The quantitative estimate of drug-likeness (QED) is 0.908. The van der Waals surface area contributed by atoms with E-state index in [-0.39, 0.29) is 5.56 Å². The van der Waals surface area contributed by atoms with E-state index in [1.807, 2.05) is 39.0 Å². The molecular formula is C17H19NO4. The molecule has 0 spiro atoms. The first kappa shape index (κ1) is 15.8. The van der Waals surface area contributed by atoms with Crippen LogP contribution in [0.2, 0.25) is 0 Å². The van der Waals surface area contributed by atoms with E-state index < -0.39 is 17.7 Å². The molecule has 5 nitrogen and oxygen atoms in total. The van der Waals surface area contributed by atoms with Gasteiger partial charge in [0.05, 0.1) is 5.56 Å². The Bertz CT molecular complexity index is 716. The van der Waals surface area contributed by atoms with Crippen LogP contribution in [0.4, 0.5) is 4.79 Å². The summed E-state index contributed by atoms with van der Waals surface area (Å²) < 4.78 is 5.17. The zero-order chi connectivity index (χ0) is 16.3. The van der Waals surface area contributed by atoms with Crippen molar-refractivity contribution in [1.82, 2.24) is 5.32 Å². The van der Waals surface area contributed by atoms with E-state index in [9.17, 15) is 9.59 Å². The minimum atomic E-state index is -0.947. The fraction of sp³-hybridized carbons (Fsp3) is 0.294. The molecule has 0 aliphatic rings. The first-order chi connectivity index (χ1) is 10.2. The molecule has 0 atom stereocenters. The van der Waals surface area contributed by atoms with Crippen molar-refractivity contribution in [3.05, 3.63) is 47.5 Å². The van der Waals surface area contributed by atoms with Crippen LogP contribution in [0.25, 0.3) is 10.8 Å². The van der Waals surface area contributed by atoms with Crippen LogP contribution in [0, 0.1) is 0 Å². The van der Waals surface area contributed by atoms with E-state index in [0.29, 0.717) is 6.54 Å². The molecule has 2 aromatic carbocycles. The van der Waals surface area contributed by atoms with E-state index in [1.54, 1.807) is 18.2 Å². The van der Waals surface area contributed by atoms with Crippen molar-refractivity contribution < 1.29 is 19.4 Å². The van der Waals surface area contributed by atoms with Crippen LogP contribution >= 0.6 is 0 Å². The highest BCUT2D eigenvalue weighted by Crippen LogP contribution is 2.18. The molecule has 0 saturated carbocycles. The van der Waals surface area contributed by atoms with Crippen LogP contribution in [0.5, 0.6) is 0 Å². The van der Waals surface area contributed by atoms with E-state index in [2.05, 4.69) is 5.32 Å². The Hall–Kier alpha value is -2.56. The van der Waals surface area contributed by atoms with Crippen LogP contribution < -0.4 is 5.32 Å². The highest BCUT2D eigenvalue weighted by molar-refractivity contribution is 5.94. The molecule has 0 fully saturated rings. The lowest BCUT2D eigenvalue weighted by atomic mass is 10.0. The first-order valence-electron chi connectivity index (χ1n) is 6.97. The van der Waals surface area contributed by atoms with Gasteiger partial charge >= 0.3 is 12.1 Å². The van der Waals surface area contributed by atoms with Gasteiger partial charge in [-0.05, 0) is 55.3 Å². The number of benzene rings is 2. The fourth-order valence-electron chi connectivity index (χ4n) is 2.03. The normalized spacial score (nSPS) is 11.2. The van der Waals surface area contributed by atoms with Crippen molar-refractivity contribution in [3.63, 3.8) is 0 Å². The van der Waals surface area contributed by atoms with Crippen molar-refractivity contribution >= 4 is 22.8 Å². The maximum absolute atomic E-state index is 11.6. The monoisotopic (exact) mass is 301 g/mol. The van der Waals surface area contributed by atoms with Gasteiger partial charge in [0.25, 0.3) is 0 Å². The smallest absolute Gasteiger partial charge is 0.407 e. The number of fused-ring (bicyclic) bond motifs is 1. The number of hydrogen-bond donors (Lipinski definition) is 2. The Kier molecular flexibility index (Phi) is 4.35. The number of alkyl carbamates (subject to hydrolysis) is 1. The average molecular weight is 301 g/mol. The molecule has 0 radical (unpaired) electrons. The number of carboxylic acid groups (broad SMARTS) is 1. The third kappa shape index (κ3) is 4.22. The second-order valence-electron chi connectivity index (χ2n) is 6.06. The number of aromatic carboxylic acids is 1. The topological polar surface area (TPSA) is 75.6 Å². The third-order valence-electron chi connectivity index (χ3n) is 2.99. The van der Waals surface area contributed by atoms with E-state index in [0.717, 1.165) is 16.3 Å². The Labute approximate surface area is 128 Å². The maximum atomic E-state index is 11.6. The van der Waals surface area contributed by atoms with Crippen LogP contribution in [0.15, 0.2) is 36.4 Å². The molecule has 0 aliphatic heterocycles. The van der Waals surface area contributed by atoms with E-state index in [4.69, 9.17) is 9.84 Å². The summed E-state index contributed by atoms with van der Waals surface area (Å²) in [5.41, 5.74) is 0.648.